The topological polar surface area (TPSA) is 29.5 Å². The molecule has 1 aromatic carbocycles. The zero-order valence-corrected chi connectivity index (χ0v) is 13.2. The van der Waals surface area contributed by atoms with Crippen molar-refractivity contribution in [3.8, 4) is 5.75 Å². The summed E-state index contributed by atoms with van der Waals surface area (Å²) < 4.78 is 28.5. The van der Waals surface area contributed by atoms with Crippen LogP contribution in [0.3, 0.4) is 0 Å². The van der Waals surface area contributed by atoms with Gasteiger partial charge < -0.3 is 9.64 Å². The third-order valence-corrected chi connectivity index (χ3v) is 4.20. The molecule has 1 unspecified atom stereocenters. The standard InChI is InChI=1S/C15H18BrF2NO2/c16-9-1-3-12-4-2-10-19(12)14(20)11-5-7-13(8-6-11)21-15(17)18/h5-8,12,15H,1-4,9-10H2. The zero-order chi connectivity index (χ0) is 15.2. The van der Waals surface area contributed by atoms with Crippen LogP contribution in [0.2, 0.25) is 0 Å². The molecule has 1 heterocycles. The third kappa shape index (κ3) is 4.40. The van der Waals surface area contributed by atoms with E-state index in [-0.39, 0.29) is 17.7 Å². The van der Waals surface area contributed by atoms with Crippen molar-refractivity contribution in [3.63, 3.8) is 0 Å². The first-order chi connectivity index (χ1) is 10.1. The van der Waals surface area contributed by atoms with E-state index in [2.05, 4.69) is 20.7 Å². The summed E-state index contributed by atoms with van der Waals surface area (Å²) in [5.74, 6) is 0.0366. The first-order valence-electron chi connectivity index (χ1n) is 7.03. The minimum absolute atomic E-state index is 0.0318. The maximum Gasteiger partial charge on any atom is 0.387 e. The van der Waals surface area contributed by atoms with Crippen LogP contribution in [0.25, 0.3) is 0 Å². The molecular weight excluding hydrogens is 344 g/mol. The number of hydrogen-bond donors (Lipinski definition) is 0. The number of carbonyl (C=O) groups is 1. The van der Waals surface area contributed by atoms with Crippen LogP contribution in [-0.2, 0) is 0 Å². The van der Waals surface area contributed by atoms with Gasteiger partial charge in [0.2, 0.25) is 0 Å². The molecule has 0 aliphatic carbocycles. The summed E-state index contributed by atoms with van der Waals surface area (Å²) in [6, 6.07) is 6.18. The fraction of sp³-hybridized carbons (Fsp3) is 0.533. The molecule has 1 aromatic rings. The number of carbonyl (C=O) groups excluding carboxylic acids is 1. The van der Waals surface area contributed by atoms with Crippen LogP contribution in [0, 0.1) is 0 Å². The second-order valence-corrected chi connectivity index (χ2v) is 5.82. The number of halogens is 3. The van der Waals surface area contributed by atoms with Gasteiger partial charge in [0.25, 0.3) is 5.91 Å². The van der Waals surface area contributed by atoms with Gasteiger partial charge >= 0.3 is 6.61 Å². The Morgan fingerprint density at radius 2 is 2.10 bits per heavy atom. The average Bonchev–Trinajstić information content (AvgIpc) is 2.93. The molecule has 1 amide bonds. The summed E-state index contributed by atoms with van der Waals surface area (Å²) in [7, 11) is 0. The molecule has 2 rings (SSSR count). The zero-order valence-electron chi connectivity index (χ0n) is 11.6. The molecule has 0 N–H and O–H groups in total. The van der Waals surface area contributed by atoms with E-state index in [1.54, 1.807) is 12.1 Å². The van der Waals surface area contributed by atoms with Crippen molar-refractivity contribution in [1.82, 2.24) is 4.90 Å². The Balaban J connectivity index is 2.01. The summed E-state index contributed by atoms with van der Waals surface area (Å²) in [6.45, 7) is -2.08. The molecular formula is C15H18BrF2NO2. The maximum atomic E-state index is 12.5. The van der Waals surface area contributed by atoms with Gasteiger partial charge in [0.1, 0.15) is 5.75 Å². The highest BCUT2D eigenvalue weighted by Crippen LogP contribution is 2.24. The van der Waals surface area contributed by atoms with Crippen LogP contribution in [0.1, 0.15) is 36.0 Å². The van der Waals surface area contributed by atoms with Crippen LogP contribution >= 0.6 is 15.9 Å². The third-order valence-electron chi connectivity index (χ3n) is 3.64. The van der Waals surface area contributed by atoms with Crippen molar-refractivity contribution in [1.29, 1.82) is 0 Å². The highest BCUT2D eigenvalue weighted by Gasteiger charge is 2.28. The Morgan fingerprint density at radius 1 is 1.38 bits per heavy atom. The lowest BCUT2D eigenvalue weighted by atomic mass is 10.1. The van der Waals surface area contributed by atoms with Crippen LogP contribution in [0.5, 0.6) is 5.75 Å². The van der Waals surface area contributed by atoms with Gasteiger partial charge in [0.05, 0.1) is 0 Å². The lowest BCUT2D eigenvalue weighted by Gasteiger charge is -2.24. The van der Waals surface area contributed by atoms with Crippen molar-refractivity contribution in [3.05, 3.63) is 29.8 Å². The van der Waals surface area contributed by atoms with E-state index in [9.17, 15) is 13.6 Å². The number of likely N-dealkylation sites (tertiary alicyclic amines) is 1. The van der Waals surface area contributed by atoms with Gasteiger partial charge in [-0.25, -0.2) is 0 Å². The molecule has 3 nitrogen and oxygen atoms in total. The van der Waals surface area contributed by atoms with Crippen molar-refractivity contribution in [2.45, 2.75) is 38.3 Å². The molecule has 1 aliphatic heterocycles. The predicted molar refractivity (Wildman–Crippen MR) is 80.2 cm³/mol. The summed E-state index contributed by atoms with van der Waals surface area (Å²) in [5.41, 5.74) is 0.516. The summed E-state index contributed by atoms with van der Waals surface area (Å²) in [6.07, 6.45) is 4.08. The van der Waals surface area contributed by atoms with Crippen LogP contribution in [0.15, 0.2) is 24.3 Å². The lowest BCUT2D eigenvalue weighted by molar-refractivity contribution is -0.0498. The first kappa shape index (κ1) is 16.2. The number of hydrogen-bond acceptors (Lipinski definition) is 2. The minimum atomic E-state index is -2.85. The van der Waals surface area contributed by atoms with Gasteiger partial charge in [-0.3, -0.25) is 4.79 Å². The molecule has 0 aromatic heterocycles. The van der Waals surface area contributed by atoms with Gasteiger partial charge in [-0.1, -0.05) is 15.9 Å². The van der Waals surface area contributed by atoms with Gasteiger partial charge in [-0.15, -0.1) is 0 Å². The first-order valence-corrected chi connectivity index (χ1v) is 8.16. The molecule has 0 spiro atoms. The Kier molecular flexibility index (Phi) is 5.96. The van der Waals surface area contributed by atoms with E-state index in [0.29, 0.717) is 5.56 Å². The molecule has 1 aliphatic rings. The van der Waals surface area contributed by atoms with Gasteiger partial charge in [0.15, 0.2) is 0 Å². The summed E-state index contributed by atoms with van der Waals surface area (Å²) in [4.78, 5) is 14.4. The van der Waals surface area contributed by atoms with E-state index >= 15 is 0 Å². The molecule has 116 valence electrons. The second kappa shape index (κ2) is 7.73. The monoisotopic (exact) mass is 361 g/mol. The number of nitrogens with zero attached hydrogens (tertiary/aromatic N) is 1. The molecule has 21 heavy (non-hydrogen) atoms. The van der Waals surface area contributed by atoms with E-state index in [0.717, 1.165) is 37.6 Å². The maximum absolute atomic E-state index is 12.5. The fourth-order valence-electron chi connectivity index (χ4n) is 2.66. The molecule has 0 bridgehead atoms. The number of rotatable bonds is 6. The molecule has 0 radical (unpaired) electrons. The van der Waals surface area contributed by atoms with Crippen molar-refractivity contribution >= 4 is 21.8 Å². The van der Waals surface area contributed by atoms with Crippen LogP contribution < -0.4 is 4.74 Å². The Hall–Kier alpha value is -1.17. The van der Waals surface area contributed by atoms with E-state index in [1.807, 2.05) is 4.90 Å². The Labute approximate surface area is 131 Å². The van der Waals surface area contributed by atoms with E-state index in [1.165, 1.54) is 12.1 Å². The van der Waals surface area contributed by atoms with Gasteiger partial charge in [0, 0.05) is 23.5 Å². The van der Waals surface area contributed by atoms with Gasteiger partial charge in [-0.2, -0.15) is 8.78 Å². The number of benzene rings is 1. The fourth-order valence-corrected chi connectivity index (χ4v) is 2.98. The highest BCUT2D eigenvalue weighted by molar-refractivity contribution is 9.09. The minimum Gasteiger partial charge on any atom is -0.435 e. The van der Waals surface area contributed by atoms with Crippen LogP contribution in [0.4, 0.5) is 8.78 Å². The van der Waals surface area contributed by atoms with E-state index < -0.39 is 6.61 Å². The highest BCUT2D eigenvalue weighted by atomic mass is 79.9. The number of ether oxygens (including phenoxy) is 1. The molecule has 1 atom stereocenters. The van der Waals surface area contributed by atoms with Gasteiger partial charge in [-0.05, 0) is 49.9 Å². The Bertz CT molecular complexity index is 467. The summed E-state index contributed by atoms with van der Waals surface area (Å²) >= 11 is 3.41. The number of alkyl halides is 3. The molecule has 1 saturated heterocycles. The summed E-state index contributed by atoms with van der Waals surface area (Å²) in [5, 5.41) is 0.936. The molecule has 6 heteroatoms. The largest absolute Gasteiger partial charge is 0.435 e. The lowest BCUT2D eigenvalue weighted by Crippen LogP contribution is -2.35. The van der Waals surface area contributed by atoms with Crippen LogP contribution in [-0.4, -0.2) is 35.3 Å². The SMILES string of the molecule is O=C(c1ccc(OC(F)F)cc1)N1CCCC1CCCBr. The quantitative estimate of drug-likeness (QED) is 0.714. The predicted octanol–water partition coefficient (Wildman–Crippen LogP) is 4.07. The Morgan fingerprint density at radius 3 is 2.71 bits per heavy atom. The van der Waals surface area contributed by atoms with Crippen molar-refractivity contribution in [2.75, 3.05) is 11.9 Å². The van der Waals surface area contributed by atoms with Crippen molar-refractivity contribution in [2.24, 2.45) is 0 Å². The normalized spacial score (nSPS) is 18.3. The number of amides is 1. The second-order valence-electron chi connectivity index (χ2n) is 5.03. The molecule has 0 saturated carbocycles. The molecule has 1 fully saturated rings. The average molecular weight is 362 g/mol. The van der Waals surface area contributed by atoms with E-state index in [4.69, 9.17) is 0 Å². The van der Waals surface area contributed by atoms with Crippen molar-refractivity contribution < 1.29 is 18.3 Å². The smallest absolute Gasteiger partial charge is 0.387 e.